The number of carbonyl (C=O) groups is 3. The quantitative estimate of drug-likeness (QED) is 0.841. The summed E-state index contributed by atoms with van der Waals surface area (Å²) >= 11 is 3.33. The normalized spacial score (nSPS) is 23.6. The topological polar surface area (TPSA) is 66.5 Å². The molecule has 0 aromatic heterocycles. The highest BCUT2D eigenvalue weighted by Crippen LogP contribution is 2.31. The maximum atomic E-state index is 12.5. The standard InChI is InChI=1S/C14H13BrN2O3/c15-9-4-1-3-8(7-9)11-12(18)16-14(20)17(13(11)19)10-5-2-6-10/h1,3-4,7,10-11H,2,5-6H2,(H,16,18,20). The second-order valence-corrected chi connectivity index (χ2v) is 5.99. The van der Waals surface area contributed by atoms with Gasteiger partial charge in [0.25, 0.3) is 0 Å². The molecule has 1 atom stereocenters. The summed E-state index contributed by atoms with van der Waals surface area (Å²) < 4.78 is 0.794. The summed E-state index contributed by atoms with van der Waals surface area (Å²) in [7, 11) is 0. The summed E-state index contributed by atoms with van der Waals surface area (Å²) in [6.07, 6.45) is 2.65. The molecular formula is C14H13BrN2O3. The van der Waals surface area contributed by atoms with E-state index in [1.807, 2.05) is 6.07 Å². The Kier molecular flexibility index (Phi) is 3.33. The summed E-state index contributed by atoms with van der Waals surface area (Å²) in [6.45, 7) is 0. The van der Waals surface area contributed by atoms with E-state index in [1.54, 1.807) is 18.2 Å². The highest BCUT2D eigenvalue weighted by molar-refractivity contribution is 9.10. The van der Waals surface area contributed by atoms with Gasteiger partial charge in [0.1, 0.15) is 5.92 Å². The predicted molar refractivity (Wildman–Crippen MR) is 74.9 cm³/mol. The molecule has 4 amide bonds. The molecule has 1 saturated carbocycles. The van der Waals surface area contributed by atoms with Crippen LogP contribution < -0.4 is 5.32 Å². The van der Waals surface area contributed by atoms with E-state index in [-0.39, 0.29) is 6.04 Å². The minimum absolute atomic E-state index is 0.0646. The SMILES string of the molecule is O=C1NC(=O)N(C2CCC2)C(=O)C1c1cccc(Br)c1. The van der Waals surface area contributed by atoms with Gasteiger partial charge in [-0.15, -0.1) is 0 Å². The lowest BCUT2D eigenvalue weighted by atomic mass is 9.88. The fraction of sp³-hybridized carbons (Fsp3) is 0.357. The van der Waals surface area contributed by atoms with E-state index < -0.39 is 23.8 Å². The van der Waals surface area contributed by atoms with E-state index >= 15 is 0 Å². The molecule has 0 spiro atoms. The summed E-state index contributed by atoms with van der Waals surface area (Å²) in [4.78, 5) is 37.6. The highest BCUT2D eigenvalue weighted by Gasteiger charge is 2.45. The molecule has 5 nitrogen and oxygen atoms in total. The smallest absolute Gasteiger partial charge is 0.277 e. The van der Waals surface area contributed by atoms with Crippen molar-refractivity contribution in [1.29, 1.82) is 0 Å². The number of halogens is 1. The van der Waals surface area contributed by atoms with Crippen LogP contribution in [0.3, 0.4) is 0 Å². The van der Waals surface area contributed by atoms with Crippen LogP contribution in [0.5, 0.6) is 0 Å². The lowest BCUT2D eigenvalue weighted by Gasteiger charge is -2.40. The number of rotatable bonds is 2. The number of hydrogen-bond donors (Lipinski definition) is 1. The van der Waals surface area contributed by atoms with Crippen molar-refractivity contribution in [3.05, 3.63) is 34.3 Å². The van der Waals surface area contributed by atoms with Crippen LogP contribution >= 0.6 is 15.9 Å². The number of carbonyl (C=O) groups excluding carboxylic acids is 3. The Balaban J connectivity index is 1.95. The predicted octanol–water partition coefficient (Wildman–Crippen LogP) is 2.16. The molecular weight excluding hydrogens is 324 g/mol. The molecule has 0 bridgehead atoms. The first-order valence-corrected chi connectivity index (χ1v) is 7.30. The summed E-state index contributed by atoms with van der Waals surface area (Å²) in [5, 5.41) is 2.29. The molecule has 1 aliphatic heterocycles. The van der Waals surface area contributed by atoms with Crippen LogP contribution in [0.15, 0.2) is 28.7 Å². The number of nitrogens with zero attached hydrogens (tertiary/aromatic N) is 1. The lowest BCUT2D eigenvalue weighted by Crippen LogP contribution is -2.61. The minimum atomic E-state index is -0.939. The van der Waals surface area contributed by atoms with Crippen molar-refractivity contribution >= 4 is 33.8 Å². The van der Waals surface area contributed by atoms with E-state index in [0.717, 1.165) is 23.7 Å². The van der Waals surface area contributed by atoms with Gasteiger partial charge in [0.2, 0.25) is 11.8 Å². The Morgan fingerprint density at radius 3 is 2.55 bits per heavy atom. The molecule has 6 heteroatoms. The van der Waals surface area contributed by atoms with Crippen molar-refractivity contribution < 1.29 is 14.4 Å². The maximum Gasteiger partial charge on any atom is 0.331 e. The van der Waals surface area contributed by atoms with Crippen molar-refractivity contribution in [2.45, 2.75) is 31.2 Å². The number of urea groups is 1. The molecule has 1 aromatic carbocycles. The molecule has 3 rings (SSSR count). The van der Waals surface area contributed by atoms with Crippen LogP contribution in [-0.4, -0.2) is 28.8 Å². The van der Waals surface area contributed by atoms with Crippen LogP contribution in [-0.2, 0) is 9.59 Å². The molecule has 104 valence electrons. The van der Waals surface area contributed by atoms with Crippen molar-refractivity contribution in [3.63, 3.8) is 0 Å². The fourth-order valence-corrected chi connectivity index (χ4v) is 2.98. The van der Waals surface area contributed by atoms with Gasteiger partial charge in [0.05, 0.1) is 0 Å². The first kappa shape index (κ1) is 13.3. The number of hydrogen-bond acceptors (Lipinski definition) is 3. The zero-order valence-corrected chi connectivity index (χ0v) is 12.2. The molecule has 1 N–H and O–H groups in total. The Morgan fingerprint density at radius 1 is 1.20 bits per heavy atom. The first-order chi connectivity index (χ1) is 9.58. The van der Waals surface area contributed by atoms with Gasteiger partial charge in [0.15, 0.2) is 0 Å². The summed E-state index contributed by atoms with van der Waals surface area (Å²) in [6, 6.07) is 6.40. The van der Waals surface area contributed by atoms with Crippen LogP contribution in [0.1, 0.15) is 30.7 Å². The molecule has 2 aliphatic rings. The van der Waals surface area contributed by atoms with Gasteiger partial charge in [0, 0.05) is 10.5 Å². The average molecular weight is 337 g/mol. The molecule has 0 radical (unpaired) electrons. The lowest BCUT2D eigenvalue weighted by molar-refractivity contribution is -0.141. The van der Waals surface area contributed by atoms with Crippen molar-refractivity contribution in [2.75, 3.05) is 0 Å². The van der Waals surface area contributed by atoms with Gasteiger partial charge in [-0.2, -0.15) is 0 Å². The van der Waals surface area contributed by atoms with Crippen LogP contribution in [0.25, 0.3) is 0 Å². The molecule has 20 heavy (non-hydrogen) atoms. The van der Waals surface area contributed by atoms with E-state index in [1.165, 1.54) is 4.90 Å². The number of imide groups is 2. The third-order valence-corrected chi connectivity index (χ3v) is 4.31. The van der Waals surface area contributed by atoms with E-state index in [9.17, 15) is 14.4 Å². The second-order valence-electron chi connectivity index (χ2n) is 5.08. The second kappa shape index (κ2) is 5.01. The van der Waals surface area contributed by atoms with Crippen LogP contribution in [0, 0.1) is 0 Å². The van der Waals surface area contributed by atoms with Gasteiger partial charge < -0.3 is 0 Å². The third kappa shape index (κ3) is 2.14. The monoisotopic (exact) mass is 336 g/mol. The highest BCUT2D eigenvalue weighted by atomic mass is 79.9. The minimum Gasteiger partial charge on any atom is -0.277 e. The van der Waals surface area contributed by atoms with Gasteiger partial charge in [-0.3, -0.25) is 19.8 Å². The molecule has 1 unspecified atom stereocenters. The number of amides is 4. The molecule has 1 heterocycles. The van der Waals surface area contributed by atoms with Crippen molar-refractivity contribution in [2.24, 2.45) is 0 Å². The largest absolute Gasteiger partial charge is 0.331 e. The summed E-state index contributed by atoms with van der Waals surface area (Å²) in [5.41, 5.74) is 0.596. The Labute approximate surface area is 124 Å². The molecule has 1 aromatic rings. The van der Waals surface area contributed by atoms with Crippen LogP contribution in [0.2, 0.25) is 0 Å². The average Bonchev–Trinajstić information content (AvgIpc) is 2.32. The van der Waals surface area contributed by atoms with E-state index in [4.69, 9.17) is 0 Å². The number of barbiturate groups is 1. The van der Waals surface area contributed by atoms with E-state index in [0.29, 0.717) is 5.56 Å². The Hall–Kier alpha value is -1.69. The summed E-state index contributed by atoms with van der Waals surface area (Å²) in [5.74, 6) is -1.90. The van der Waals surface area contributed by atoms with E-state index in [2.05, 4.69) is 21.2 Å². The number of nitrogens with one attached hydrogen (secondary N) is 1. The zero-order valence-electron chi connectivity index (χ0n) is 10.6. The fourth-order valence-electron chi connectivity index (χ4n) is 2.56. The number of benzene rings is 1. The van der Waals surface area contributed by atoms with Gasteiger partial charge >= 0.3 is 6.03 Å². The first-order valence-electron chi connectivity index (χ1n) is 6.51. The van der Waals surface area contributed by atoms with Gasteiger partial charge in [-0.1, -0.05) is 28.1 Å². The van der Waals surface area contributed by atoms with Crippen LogP contribution in [0.4, 0.5) is 4.79 Å². The van der Waals surface area contributed by atoms with Crippen molar-refractivity contribution in [1.82, 2.24) is 10.2 Å². The third-order valence-electron chi connectivity index (χ3n) is 3.82. The maximum absolute atomic E-state index is 12.5. The molecule has 1 aliphatic carbocycles. The van der Waals surface area contributed by atoms with Gasteiger partial charge in [-0.25, -0.2) is 4.79 Å². The van der Waals surface area contributed by atoms with Gasteiger partial charge in [-0.05, 0) is 37.0 Å². The van der Waals surface area contributed by atoms with Crippen molar-refractivity contribution in [3.8, 4) is 0 Å². The Bertz CT molecular complexity index is 598. The molecule has 2 fully saturated rings. The molecule has 1 saturated heterocycles. The Morgan fingerprint density at radius 2 is 1.95 bits per heavy atom. The zero-order chi connectivity index (χ0) is 14.3.